The van der Waals surface area contributed by atoms with Gasteiger partial charge in [0.05, 0.1) is 13.2 Å². The van der Waals surface area contributed by atoms with Crippen LogP contribution in [0.3, 0.4) is 0 Å². The first-order valence-corrected chi connectivity index (χ1v) is 8.25. The van der Waals surface area contributed by atoms with Crippen LogP contribution in [-0.2, 0) is 20.8 Å². The third-order valence-corrected chi connectivity index (χ3v) is 4.51. The van der Waals surface area contributed by atoms with Crippen molar-refractivity contribution in [1.29, 1.82) is 0 Å². The van der Waals surface area contributed by atoms with Crippen LogP contribution < -0.4 is 0 Å². The number of nitrogens with zero attached hydrogens (tertiary/aromatic N) is 1. The second kappa shape index (κ2) is 7.38. The van der Waals surface area contributed by atoms with Crippen LogP contribution >= 0.6 is 0 Å². The van der Waals surface area contributed by atoms with Gasteiger partial charge in [-0.1, -0.05) is 60.7 Å². The van der Waals surface area contributed by atoms with Gasteiger partial charge in [-0.3, -0.25) is 9.69 Å². The zero-order valence-electron chi connectivity index (χ0n) is 14.3. The van der Waals surface area contributed by atoms with Crippen LogP contribution in [-0.4, -0.2) is 30.2 Å². The summed E-state index contributed by atoms with van der Waals surface area (Å²) in [4.78, 5) is 26.6. The first-order chi connectivity index (χ1) is 12.1. The molecule has 1 aliphatic heterocycles. The van der Waals surface area contributed by atoms with Crippen LogP contribution in [0.15, 0.2) is 60.7 Å². The first-order valence-electron chi connectivity index (χ1n) is 8.25. The van der Waals surface area contributed by atoms with E-state index in [1.807, 2.05) is 60.7 Å². The van der Waals surface area contributed by atoms with E-state index >= 15 is 0 Å². The Kier molecular flexibility index (Phi) is 5.03. The SMILES string of the molecule is COC(=O)[C@@H]1[C@@H](C)OC(=O)N(Cc2ccccc2)[C@H]1c1ccccc1. The number of benzene rings is 2. The van der Waals surface area contributed by atoms with Crippen molar-refractivity contribution in [2.24, 2.45) is 5.92 Å². The molecule has 1 amide bonds. The zero-order chi connectivity index (χ0) is 17.8. The number of amides is 1. The normalized spacial score (nSPS) is 23.0. The van der Waals surface area contributed by atoms with E-state index in [9.17, 15) is 9.59 Å². The topological polar surface area (TPSA) is 55.8 Å². The van der Waals surface area contributed by atoms with Gasteiger partial charge < -0.3 is 9.47 Å². The van der Waals surface area contributed by atoms with Gasteiger partial charge in [-0.2, -0.15) is 0 Å². The van der Waals surface area contributed by atoms with Crippen molar-refractivity contribution in [2.75, 3.05) is 7.11 Å². The fourth-order valence-corrected chi connectivity index (χ4v) is 3.30. The monoisotopic (exact) mass is 339 g/mol. The zero-order valence-corrected chi connectivity index (χ0v) is 14.3. The Morgan fingerprint density at radius 3 is 2.28 bits per heavy atom. The second-order valence-electron chi connectivity index (χ2n) is 6.11. The highest BCUT2D eigenvalue weighted by molar-refractivity contribution is 5.78. The molecule has 1 aliphatic rings. The molecule has 1 heterocycles. The minimum atomic E-state index is -0.589. The van der Waals surface area contributed by atoms with Crippen molar-refractivity contribution in [3.8, 4) is 0 Å². The molecule has 0 unspecified atom stereocenters. The predicted octanol–water partition coefficient (Wildman–Crippen LogP) is 3.56. The third-order valence-electron chi connectivity index (χ3n) is 4.51. The lowest BCUT2D eigenvalue weighted by Gasteiger charge is -2.42. The van der Waals surface area contributed by atoms with Gasteiger partial charge in [0.1, 0.15) is 12.0 Å². The van der Waals surface area contributed by atoms with Gasteiger partial charge in [0.2, 0.25) is 0 Å². The number of hydrogen-bond donors (Lipinski definition) is 0. The number of cyclic esters (lactones) is 1. The van der Waals surface area contributed by atoms with Gasteiger partial charge in [0.15, 0.2) is 0 Å². The van der Waals surface area contributed by atoms with Gasteiger partial charge in [-0.25, -0.2) is 4.79 Å². The van der Waals surface area contributed by atoms with Crippen LogP contribution in [0.5, 0.6) is 0 Å². The Morgan fingerprint density at radius 2 is 1.68 bits per heavy atom. The summed E-state index contributed by atoms with van der Waals surface area (Å²) in [5, 5.41) is 0. The summed E-state index contributed by atoms with van der Waals surface area (Å²) in [7, 11) is 1.36. The van der Waals surface area contributed by atoms with Gasteiger partial charge in [-0.05, 0) is 18.1 Å². The maximum Gasteiger partial charge on any atom is 0.410 e. The Bertz CT molecular complexity index is 732. The average Bonchev–Trinajstić information content (AvgIpc) is 2.64. The molecule has 3 rings (SSSR count). The lowest BCUT2D eigenvalue weighted by atomic mass is 9.86. The lowest BCUT2D eigenvalue weighted by Crippen LogP contribution is -2.51. The smallest absolute Gasteiger partial charge is 0.410 e. The van der Waals surface area contributed by atoms with Crippen molar-refractivity contribution in [3.05, 3.63) is 71.8 Å². The summed E-state index contributed by atoms with van der Waals surface area (Å²) in [6.07, 6.45) is -0.984. The number of carbonyl (C=O) groups is 2. The van der Waals surface area contributed by atoms with Crippen molar-refractivity contribution < 1.29 is 19.1 Å². The fourth-order valence-electron chi connectivity index (χ4n) is 3.30. The van der Waals surface area contributed by atoms with Crippen molar-refractivity contribution in [3.63, 3.8) is 0 Å². The quantitative estimate of drug-likeness (QED) is 0.799. The number of esters is 1. The van der Waals surface area contributed by atoms with Crippen LogP contribution in [0.2, 0.25) is 0 Å². The second-order valence-corrected chi connectivity index (χ2v) is 6.11. The summed E-state index contributed by atoms with van der Waals surface area (Å²) in [5.41, 5.74) is 1.86. The highest BCUT2D eigenvalue weighted by atomic mass is 16.6. The maximum atomic E-state index is 12.6. The fraction of sp³-hybridized carbons (Fsp3) is 0.300. The summed E-state index contributed by atoms with van der Waals surface area (Å²) in [5.74, 6) is -0.972. The summed E-state index contributed by atoms with van der Waals surface area (Å²) in [6.45, 7) is 2.09. The van der Waals surface area contributed by atoms with E-state index in [0.29, 0.717) is 6.54 Å². The standard InChI is InChI=1S/C20H21NO4/c1-14-17(19(22)24-2)18(16-11-7-4-8-12-16)21(20(23)25-14)13-15-9-5-3-6-10-15/h3-12,14,17-18H,13H2,1-2H3/t14-,17-,18+/m1/s1. The Hall–Kier alpha value is -2.82. The van der Waals surface area contributed by atoms with Crippen LogP contribution in [0, 0.1) is 5.92 Å². The van der Waals surface area contributed by atoms with Crippen LogP contribution in [0.4, 0.5) is 4.79 Å². The summed E-state index contributed by atoms with van der Waals surface area (Å²) >= 11 is 0. The Morgan fingerprint density at radius 1 is 1.08 bits per heavy atom. The van der Waals surface area contributed by atoms with E-state index in [0.717, 1.165) is 11.1 Å². The van der Waals surface area contributed by atoms with Gasteiger partial charge >= 0.3 is 12.1 Å². The molecule has 0 spiro atoms. The molecule has 130 valence electrons. The largest absolute Gasteiger partial charge is 0.469 e. The number of rotatable bonds is 4. The highest BCUT2D eigenvalue weighted by Gasteiger charge is 2.47. The summed E-state index contributed by atoms with van der Waals surface area (Å²) < 4.78 is 10.4. The molecule has 2 aromatic carbocycles. The predicted molar refractivity (Wildman–Crippen MR) is 92.6 cm³/mol. The lowest BCUT2D eigenvalue weighted by molar-refractivity contribution is -0.157. The van der Waals surface area contributed by atoms with E-state index < -0.39 is 24.2 Å². The minimum Gasteiger partial charge on any atom is -0.469 e. The Balaban J connectivity index is 2.02. The van der Waals surface area contributed by atoms with Crippen molar-refractivity contribution in [1.82, 2.24) is 4.90 Å². The third kappa shape index (κ3) is 3.50. The molecular formula is C20H21NO4. The Labute approximate surface area is 147 Å². The van der Waals surface area contributed by atoms with Gasteiger partial charge in [-0.15, -0.1) is 0 Å². The molecule has 1 fully saturated rings. The highest BCUT2D eigenvalue weighted by Crippen LogP contribution is 2.38. The van der Waals surface area contributed by atoms with Crippen LogP contribution in [0.25, 0.3) is 0 Å². The molecule has 5 heteroatoms. The molecule has 0 N–H and O–H groups in total. The summed E-state index contributed by atoms with van der Waals surface area (Å²) in [6, 6.07) is 18.8. The molecule has 5 nitrogen and oxygen atoms in total. The molecule has 25 heavy (non-hydrogen) atoms. The molecule has 0 radical (unpaired) electrons. The minimum absolute atomic E-state index is 0.361. The van der Waals surface area contributed by atoms with Crippen LogP contribution in [0.1, 0.15) is 24.1 Å². The first kappa shape index (κ1) is 17.0. The molecule has 2 aromatic rings. The van der Waals surface area contributed by atoms with E-state index in [2.05, 4.69) is 0 Å². The number of carbonyl (C=O) groups excluding carboxylic acids is 2. The van der Waals surface area contributed by atoms with E-state index in [4.69, 9.17) is 9.47 Å². The average molecular weight is 339 g/mol. The van der Waals surface area contributed by atoms with E-state index in [1.54, 1.807) is 11.8 Å². The number of methoxy groups -OCH3 is 1. The van der Waals surface area contributed by atoms with Crippen molar-refractivity contribution >= 4 is 12.1 Å². The number of ether oxygens (including phenoxy) is 2. The molecule has 3 atom stereocenters. The molecular weight excluding hydrogens is 318 g/mol. The van der Waals surface area contributed by atoms with E-state index in [1.165, 1.54) is 7.11 Å². The molecule has 0 aliphatic carbocycles. The molecule has 0 aromatic heterocycles. The number of hydrogen-bond acceptors (Lipinski definition) is 4. The maximum absolute atomic E-state index is 12.6. The molecule has 0 bridgehead atoms. The molecule has 1 saturated heterocycles. The van der Waals surface area contributed by atoms with Gasteiger partial charge in [0.25, 0.3) is 0 Å². The molecule has 0 saturated carbocycles. The van der Waals surface area contributed by atoms with Crippen molar-refractivity contribution in [2.45, 2.75) is 25.6 Å². The van der Waals surface area contributed by atoms with E-state index in [-0.39, 0.29) is 5.97 Å². The van der Waals surface area contributed by atoms with Gasteiger partial charge in [0, 0.05) is 6.54 Å².